The minimum atomic E-state index is 0. The predicted octanol–water partition coefficient (Wildman–Crippen LogP) is -5.66. The van der Waals surface area contributed by atoms with E-state index >= 15 is 0 Å². The van der Waals surface area contributed by atoms with Gasteiger partial charge in [-0.25, -0.2) is 9.13 Å². The topological polar surface area (TPSA) is 8.81 Å². The SMILES string of the molecule is CCn1cc[n+](C)c1.[Cl-].[Cl-].[Zn]. The van der Waals surface area contributed by atoms with Crippen molar-refractivity contribution in [1.82, 2.24) is 4.57 Å². The summed E-state index contributed by atoms with van der Waals surface area (Å²) in [5.74, 6) is 0. The zero-order valence-corrected chi connectivity index (χ0v) is 11.3. The molecule has 0 N–H and O–H groups in total. The summed E-state index contributed by atoms with van der Waals surface area (Å²) in [4.78, 5) is 0. The summed E-state index contributed by atoms with van der Waals surface area (Å²) in [7, 11) is 2.02. The van der Waals surface area contributed by atoms with Crippen LogP contribution in [0.2, 0.25) is 0 Å². The van der Waals surface area contributed by atoms with Gasteiger partial charge in [0.05, 0.1) is 13.6 Å². The molecule has 1 aromatic rings. The van der Waals surface area contributed by atoms with Crippen molar-refractivity contribution in [1.29, 1.82) is 0 Å². The van der Waals surface area contributed by atoms with Crippen LogP contribution in [0.25, 0.3) is 0 Å². The Hall–Kier alpha value is 0.413. The summed E-state index contributed by atoms with van der Waals surface area (Å²) in [6.07, 6.45) is 6.14. The molecule has 0 saturated carbocycles. The summed E-state index contributed by atoms with van der Waals surface area (Å²) < 4.78 is 4.16. The summed E-state index contributed by atoms with van der Waals surface area (Å²) in [5.41, 5.74) is 0. The average molecular weight is 247 g/mol. The van der Waals surface area contributed by atoms with Crippen LogP contribution >= 0.6 is 0 Å². The minimum Gasteiger partial charge on any atom is -1.00 e. The van der Waals surface area contributed by atoms with Crippen LogP contribution < -0.4 is 29.4 Å². The molecule has 11 heavy (non-hydrogen) atoms. The Labute approximate surface area is 92.6 Å². The van der Waals surface area contributed by atoms with Crippen molar-refractivity contribution < 1.29 is 48.9 Å². The fourth-order valence-electron chi connectivity index (χ4n) is 0.689. The van der Waals surface area contributed by atoms with Gasteiger partial charge in [-0.15, -0.1) is 0 Å². The van der Waals surface area contributed by atoms with Crippen LogP contribution in [0, 0.1) is 0 Å². The number of aromatic nitrogens is 2. The van der Waals surface area contributed by atoms with E-state index in [1.54, 1.807) is 0 Å². The largest absolute Gasteiger partial charge is 1.00 e. The van der Waals surface area contributed by atoms with Gasteiger partial charge in [-0.2, -0.15) is 0 Å². The molecule has 0 aliphatic rings. The van der Waals surface area contributed by atoms with E-state index in [2.05, 4.69) is 24.0 Å². The monoisotopic (exact) mass is 245 g/mol. The van der Waals surface area contributed by atoms with E-state index in [1.165, 1.54) is 0 Å². The Morgan fingerprint density at radius 2 is 1.91 bits per heavy atom. The second kappa shape index (κ2) is 8.51. The molecule has 0 atom stereocenters. The number of imidazole rings is 1. The molecule has 0 unspecified atom stereocenters. The van der Waals surface area contributed by atoms with E-state index in [9.17, 15) is 0 Å². The van der Waals surface area contributed by atoms with Gasteiger partial charge in [0.2, 0.25) is 6.33 Å². The van der Waals surface area contributed by atoms with Crippen molar-refractivity contribution in [3.8, 4) is 0 Å². The molecule has 0 aliphatic carbocycles. The van der Waals surface area contributed by atoms with Crippen LogP contribution in [0.5, 0.6) is 0 Å². The van der Waals surface area contributed by atoms with E-state index < -0.39 is 0 Å². The molecular weight excluding hydrogens is 236 g/mol. The fourth-order valence-corrected chi connectivity index (χ4v) is 0.689. The molecule has 0 aliphatic heterocycles. The van der Waals surface area contributed by atoms with Gasteiger partial charge in [-0.05, 0) is 6.92 Å². The second-order valence-electron chi connectivity index (χ2n) is 1.91. The van der Waals surface area contributed by atoms with E-state index in [1.807, 2.05) is 17.8 Å². The third-order valence-electron chi connectivity index (χ3n) is 1.19. The first-order chi connectivity index (χ1) is 3.83. The van der Waals surface area contributed by atoms with Crippen LogP contribution in [0.3, 0.4) is 0 Å². The number of hydrogen-bond donors (Lipinski definition) is 0. The molecule has 0 amide bonds. The van der Waals surface area contributed by atoms with Crippen LogP contribution in [0.15, 0.2) is 18.7 Å². The molecule has 1 rings (SSSR count). The Morgan fingerprint density at radius 3 is 2.09 bits per heavy atom. The maximum absolute atomic E-state index is 2.12. The minimum absolute atomic E-state index is 0. The smallest absolute Gasteiger partial charge is 0.243 e. The van der Waals surface area contributed by atoms with E-state index in [-0.39, 0.29) is 44.3 Å². The van der Waals surface area contributed by atoms with Crippen molar-refractivity contribution >= 4 is 0 Å². The molecule has 5 heteroatoms. The number of nitrogens with zero attached hydrogens (tertiary/aromatic N) is 2. The van der Waals surface area contributed by atoms with Crippen LogP contribution in [-0.4, -0.2) is 4.57 Å². The molecule has 1 heterocycles. The zero-order valence-electron chi connectivity index (χ0n) is 6.80. The van der Waals surface area contributed by atoms with Gasteiger partial charge in [0.1, 0.15) is 12.4 Å². The molecule has 1 aromatic heterocycles. The Bertz CT molecular complexity index is 179. The first-order valence-electron chi connectivity index (χ1n) is 2.84. The molecule has 62 valence electrons. The van der Waals surface area contributed by atoms with Crippen molar-refractivity contribution in [2.45, 2.75) is 13.5 Å². The maximum Gasteiger partial charge on any atom is 0.243 e. The molecule has 2 nitrogen and oxygen atoms in total. The van der Waals surface area contributed by atoms with E-state index in [0.717, 1.165) is 6.54 Å². The Balaban J connectivity index is -0.000000213. The predicted molar refractivity (Wildman–Crippen MR) is 31.3 cm³/mol. The molecule has 0 fully saturated rings. The van der Waals surface area contributed by atoms with Crippen LogP contribution in [-0.2, 0) is 33.1 Å². The Morgan fingerprint density at radius 1 is 1.36 bits per heavy atom. The molecule has 0 aromatic carbocycles. The third kappa shape index (κ3) is 5.66. The summed E-state index contributed by atoms with van der Waals surface area (Å²) >= 11 is 0. The normalized spacial score (nSPS) is 7.09. The standard InChI is InChI=1S/C6H11N2.2ClH.Zn/c1-3-8-5-4-7(2)6-8;;;/h4-6H,3H2,1-2H3;2*1H;/q+1;;;/p-2. The number of rotatable bonds is 1. The molecule has 0 bridgehead atoms. The van der Waals surface area contributed by atoms with Crippen molar-refractivity contribution in [2.75, 3.05) is 0 Å². The third-order valence-corrected chi connectivity index (χ3v) is 1.19. The number of hydrogen-bond acceptors (Lipinski definition) is 0. The molecular formula is C6H11Cl2N2Zn-. The average Bonchev–Trinajstić information content (AvgIpc) is 2.14. The van der Waals surface area contributed by atoms with Gasteiger partial charge >= 0.3 is 0 Å². The first kappa shape index (κ1) is 17.5. The second-order valence-corrected chi connectivity index (χ2v) is 1.91. The van der Waals surface area contributed by atoms with Gasteiger partial charge in [0, 0.05) is 19.5 Å². The number of aryl methyl sites for hydroxylation is 2. The summed E-state index contributed by atoms with van der Waals surface area (Å²) in [6, 6.07) is 0. The maximum atomic E-state index is 2.12. The number of halogens is 2. The quantitative estimate of drug-likeness (QED) is 0.346. The van der Waals surface area contributed by atoms with Gasteiger partial charge < -0.3 is 24.8 Å². The van der Waals surface area contributed by atoms with Gasteiger partial charge in [-0.1, -0.05) is 0 Å². The Kier molecular flexibility index (Phi) is 13.5. The van der Waals surface area contributed by atoms with Gasteiger partial charge in [-0.3, -0.25) is 0 Å². The first-order valence-corrected chi connectivity index (χ1v) is 2.84. The van der Waals surface area contributed by atoms with E-state index in [4.69, 9.17) is 0 Å². The molecule has 0 radical (unpaired) electrons. The van der Waals surface area contributed by atoms with Crippen molar-refractivity contribution in [3.05, 3.63) is 18.7 Å². The summed E-state index contributed by atoms with van der Waals surface area (Å²) in [6.45, 7) is 3.18. The van der Waals surface area contributed by atoms with E-state index in [0.29, 0.717) is 0 Å². The van der Waals surface area contributed by atoms with Crippen molar-refractivity contribution in [3.63, 3.8) is 0 Å². The van der Waals surface area contributed by atoms with Gasteiger partial charge in [0.15, 0.2) is 0 Å². The van der Waals surface area contributed by atoms with Crippen LogP contribution in [0.1, 0.15) is 6.92 Å². The fraction of sp³-hybridized carbons (Fsp3) is 0.500. The van der Waals surface area contributed by atoms with Gasteiger partial charge in [0.25, 0.3) is 0 Å². The molecule has 0 saturated heterocycles. The van der Waals surface area contributed by atoms with Crippen LogP contribution in [0.4, 0.5) is 0 Å². The molecule has 0 spiro atoms. The van der Waals surface area contributed by atoms with Crippen molar-refractivity contribution in [2.24, 2.45) is 7.05 Å². The zero-order chi connectivity index (χ0) is 5.98. The summed E-state index contributed by atoms with van der Waals surface area (Å²) in [5, 5.41) is 0.